The number of thiazole rings is 1. The highest BCUT2D eigenvalue weighted by Gasteiger charge is 1.98. The van der Waals surface area contributed by atoms with Crippen molar-refractivity contribution in [2.75, 3.05) is 11.9 Å². The van der Waals surface area contributed by atoms with Gasteiger partial charge in [-0.3, -0.25) is 0 Å². The molecular weight excluding hydrogens is 220 g/mol. The predicted octanol–water partition coefficient (Wildman–Crippen LogP) is 2.06. The van der Waals surface area contributed by atoms with E-state index in [-0.39, 0.29) is 0 Å². The summed E-state index contributed by atoms with van der Waals surface area (Å²) in [7, 11) is 0. The van der Waals surface area contributed by atoms with E-state index in [1.807, 2.05) is 23.6 Å². The molecule has 2 heterocycles. The van der Waals surface area contributed by atoms with Crippen molar-refractivity contribution >= 4 is 17.2 Å². The minimum absolute atomic E-state index is 0.430. The van der Waals surface area contributed by atoms with Crippen LogP contribution in [0.3, 0.4) is 0 Å². The number of aromatic nitrogens is 2. The van der Waals surface area contributed by atoms with E-state index in [0.717, 1.165) is 23.8 Å². The molecule has 0 radical (unpaired) electrons. The third-order valence-corrected chi connectivity index (χ3v) is 2.83. The average Bonchev–Trinajstić information content (AvgIpc) is 2.82. The third kappa shape index (κ3) is 2.78. The van der Waals surface area contributed by atoms with Crippen LogP contribution in [0.4, 0.5) is 5.82 Å². The molecule has 80 valence electrons. The number of nitriles is 1. The maximum Gasteiger partial charge on any atom is 0.142 e. The van der Waals surface area contributed by atoms with E-state index in [9.17, 15) is 0 Å². The maximum absolute atomic E-state index is 8.69. The van der Waals surface area contributed by atoms with Crippen LogP contribution in [0.5, 0.6) is 0 Å². The van der Waals surface area contributed by atoms with Crippen molar-refractivity contribution in [1.82, 2.24) is 9.97 Å². The first-order chi connectivity index (χ1) is 7.88. The highest BCUT2D eigenvalue weighted by atomic mass is 32.1. The van der Waals surface area contributed by atoms with Gasteiger partial charge in [0.05, 0.1) is 5.01 Å². The summed E-state index contributed by atoms with van der Waals surface area (Å²) in [6, 6.07) is 7.36. The fourth-order valence-corrected chi connectivity index (χ4v) is 1.89. The van der Waals surface area contributed by atoms with Gasteiger partial charge in [-0.15, -0.1) is 11.3 Å². The smallest absolute Gasteiger partial charge is 0.142 e. The fourth-order valence-electron chi connectivity index (χ4n) is 1.27. The van der Waals surface area contributed by atoms with Gasteiger partial charge in [0.2, 0.25) is 0 Å². The first-order valence-corrected chi connectivity index (χ1v) is 5.76. The summed E-state index contributed by atoms with van der Waals surface area (Å²) in [6.45, 7) is 0.773. The molecule has 5 heteroatoms. The van der Waals surface area contributed by atoms with Gasteiger partial charge in [-0.2, -0.15) is 5.26 Å². The molecule has 2 aromatic heterocycles. The quantitative estimate of drug-likeness (QED) is 0.873. The van der Waals surface area contributed by atoms with E-state index in [2.05, 4.69) is 15.3 Å². The van der Waals surface area contributed by atoms with Crippen LogP contribution in [0.2, 0.25) is 0 Å². The lowest BCUT2D eigenvalue weighted by atomic mass is 10.3. The second-order valence-electron chi connectivity index (χ2n) is 3.12. The van der Waals surface area contributed by atoms with Gasteiger partial charge in [0.15, 0.2) is 0 Å². The molecule has 0 aliphatic rings. The normalized spacial score (nSPS) is 9.69. The molecule has 2 rings (SSSR count). The number of anilines is 1. The molecule has 0 bridgehead atoms. The Hall–Kier alpha value is -1.93. The predicted molar refractivity (Wildman–Crippen MR) is 63.3 cm³/mol. The second-order valence-corrected chi connectivity index (χ2v) is 4.10. The van der Waals surface area contributed by atoms with E-state index in [4.69, 9.17) is 5.26 Å². The average molecular weight is 230 g/mol. The highest BCUT2D eigenvalue weighted by molar-refractivity contribution is 7.09. The van der Waals surface area contributed by atoms with Crippen molar-refractivity contribution in [2.45, 2.75) is 6.42 Å². The summed E-state index contributed by atoms with van der Waals surface area (Å²) in [5.74, 6) is 0.732. The van der Waals surface area contributed by atoms with Crippen molar-refractivity contribution < 1.29 is 0 Å². The number of nitrogens with zero attached hydrogens (tertiary/aromatic N) is 3. The zero-order chi connectivity index (χ0) is 11.2. The first kappa shape index (κ1) is 10.6. The molecule has 0 aromatic carbocycles. The largest absolute Gasteiger partial charge is 0.370 e. The Morgan fingerprint density at radius 3 is 3.12 bits per heavy atom. The van der Waals surface area contributed by atoms with Gasteiger partial charge >= 0.3 is 0 Å². The molecular formula is C11H10N4S. The number of hydrogen-bond donors (Lipinski definition) is 1. The Kier molecular flexibility index (Phi) is 3.46. The van der Waals surface area contributed by atoms with Crippen LogP contribution in [-0.2, 0) is 6.42 Å². The molecule has 0 unspecified atom stereocenters. The summed E-state index contributed by atoms with van der Waals surface area (Å²) in [4.78, 5) is 8.31. The van der Waals surface area contributed by atoms with Crippen LogP contribution in [0.25, 0.3) is 0 Å². The van der Waals surface area contributed by atoms with Gasteiger partial charge in [-0.25, -0.2) is 9.97 Å². The molecule has 0 atom stereocenters. The van der Waals surface area contributed by atoms with Gasteiger partial charge in [0.25, 0.3) is 0 Å². The molecule has 0 fully saturated rings. The van der Waals surface area contributed by atoms with Crippen LogP contribution in [0, 0.1) is 11.3 Å². The summed E-state index contributed by atoms with van der Waals surface area (Å²) in [5, 5.41) is 14.9. The van der Waals surface area contributed by atoms with Crippen LogP contribution >= 0.6 is 11.3 Å². The summed E-state index contributed by atoms with van der Waals surface area (Å²) in [6.07, 6.45) is 2.67. The van der Waals surface area contributed by atoms with Crippen molar-refractivity contribution in [3.63, 3.8) is 0 Å². The lowest BCUT2D eigenvalue weighted by Crippen LogP contribution is -2.06. The Balaban J connectivity index is 1.88. The fraction of sp³-hybridized carbons (Fsp3) is 0.182. The second kappa shape index (κ2) is 5.24. The Bertz CT molecular complexity index is 487. The van der Waals surface area contributed by atoms with Gasteiger partial charge in [0, 0.05) is 24.5 Å². The van der Waals surface area contributed by atoms with Gasteiger partial charge in [-0.05, 0) is 12.1 Å². The summed E-state index contributed by atoms with van der Waals surface area (Å²) < 4.78 is 0. The number of pyridine rings is 1. The zero-order valence-electron chi connectivity index (χ0n) is 8.55. The van der Waals surface area contributed by atoms with Gasteiger partial charge in [0.1, 0.15) is 17.6 Å². The van der Waals surface area contributed by atoms with Gasteiger partial charge in [-0.1, -0.05) is 6.07 Å². The highest BCUT2D eigenvalue weighted by Crippen LogP contribution is 2.07. The van der Waals surface area contributed by atoms with E-state index >= 15 is 0 Å². The van der Waals surface area contributed by atoms with Crippen LogP contribution in [0.1, 0.15) is 10.7 Å². The minimum Gasteiger partial charge on any atom is -0.370 e. The topological polar surface area (TPSA) is 61.6 Å². The zero-order valence-corrected chi connectivity index (χ0v) is 9.37. The standard InChI is InChI=1S/C11H10N4S/c12-8-9-2-1-3-10(15-9)13-5-4-11-14-6-7-16-11/h1-3,6-7H,4-5H2,(H,13,15). The molecule has 1 N–H and O–H groups in total. The number of rotatable bonds is 4. The van der Waals surface area contributed by atoms with Crippen LogP contribution < -0.4 is 5.32 Å². The first-order valence-electron chi connectivity index (χ1n) is 4.88. The molecule has 0 aliphatic carbocycles. The van der Waals surface area contributed by atoms with E-state index < -0.39 is 0 Å². The molecule has 0 saturated heterocycles. The van der Waals surface area contributed by atoms with E-state index in [1.165, 1.54) is 0 Å². The molecule has 0 spiro atoms. The van der Waals surface area contributed by atoms with E-state index in [0.29, 0.717) is 5.69 Å². The molecule has 0 amide bonds. The monoisotopic (exact) mass is 230 g/mol. The number of hydrogen-bond acceptors (Lipinski definition) is 5. The van der Waals surface area contributed by atoms with Crippen LogP contribution in [0.15, 0.2) is 29.8 Å². The maximum atomic E-state index is 8.69. The Labute approximate surface area is 97.6 Å². The van der Waals surface area contributed by atoms with Crippen molar-refractivity contribution in [3.05, 3.63) is 40.5 Å². The Morgan fingerprint density at radius 1 is 1.44 bits per heavy atom. The SMILES string of the molecule is N#Cc1cccc(NCCc2nccs2)n1. The summed E-state index contributed by atoms with van der Waals surface area (Å²) in [5.41, 5.74) is 0.430. The van der Waals surface area contributed by atoms with Gasteiger partial charge < -0.3 is 5.32 Å². The minimum atomic E-state index is 0.430. The molecule has 16 heavy (non-hydrogen) atoms. The molecule has 2 aromatic rings. The van der Waals surface area contributed by atoms with Crippen molar-refractivity contribution in [2.24, 2.45) is 0 Å². The third-order valence-electron chi connectivity index (χ3n) is 1.99. The van der Waals surface area contributed by atoms with Crippen molar-refractivity contribution in [1.29, 1.82) is 5.26 Å². The number of nitrogens with one attached hydrogen (secondary N) is 1. The summed E-state index contributed by atoms with van der Waals surface area (Å²) >= 11 is 1.64. The molecule has 0 aliphatic heterocycles. The van der Waals surface area contributed by atoms with E-state index in [1.54, 1.807) is 23.6 Å². The molecule has 0 saturated carbocycles. The Morgan fingerprint density at radius 2 is 2.38 bits per heavy atom. The molecule has 4 nitrogen and oxygen atoms in total. The lowest BCUT2D eigenvalue weighted by Gasteiger charge is -2.03. The van der Waals surface area contributed by atoms with Crippen molar-refractivity contribution in [3.8, 4) is 6.07 Å². The van der Waals surface area contributed by atoms with Crippen LogP contribution in [-0.4, -0.2) is 16.5 Å². The lowest BCUT2D eigenvalue weighted by molar-refractivity contribution is 0.986.